The Morgan fingerprint density at radius 2 is 2.18 bits per heavy atom. The van der Waals surface area contributed by atoms with Gasteiger partial charge in [0.25, 0.3) is 0 Å². The van der Waals surface area contributed by atoms with E-state index in [1.165, 1.54) is 31.5 Å². The van der Waals surface area contributed by atoms with Gasteiger partial charge in [0.15, 0.2) is 0 Å². The van der Waals surface area contributed by atoms with Crippen molar-refractivity contribution in [2.24, 2.45) is 5.92 Å². The molecule has 3 aliphatic heterocycles. The molecule has 39 heavy (non-hydrogen) atoms. The number of aromatic nitrogens is 1. The molecule has 1 fully saturated rings. The molecule has 3 aliphatic rings. The first-order chi connectivity index (χ1) is 18.7. The fourth-order valence-corrected chi connectivity index (χ4v) is 5.94. The lowest BCUT2D eigenvalue weighted by atomic mass is 9.82. The summed E-state index contributed by atoms with van der Waals surface area (Å²) in [5.74, 6) is -0.718. The van der Waals surface area contributed by atoms with E-state index in [1.807, 2.05) is 4.90 Å². The van der Waals surface area contributed by atoms with Crippen LogP contribution in [-0.2, 0) is 28.8 Å². The number of unbranched alkanes of at least 4 members (excludes halogenated alkanes) is 1. The highest BCUT2D eigenvalue weighted by atomic mass is 19.1. The average molecular weight is 544 g/mol. The summed E-state index contributed by atoms with van der Waals surface area (Å²) in [6.45, 7) is 5.66. The van der Waals surface area contributed by atoms with Gasteiger partial charge in [-0.3, -0.25) is 9.69 Å². The highest BCUT2D eigenvalue weighted by molar-refractivity contribution is 5.77. The van der Waals surface area contributed by atoms with Crippen LogP contribution in [0.4, 0.5) is 14.6 Å². The average Bonchev–Trinajstić information content (AvgIpc) is 3.35. The molecule has 0 amide bonds. The molecule has 1 saturated heterocycles. The number of ether oxygens (including phenoxy) is 2. The third-order valence-electron chi connectivity index (χ3n) is 8.27. The molecular formula is C30H39F2N3O4. The normalized spacial score (nSPS) is 21.9. The van der Waals surface area contributed by atoms with E-state index in [0.29, 0.717) is 49.4 Å². The number of pyridine rings is 1. The molecule has 0 spiro atoms. The number of hydrogen-bond acceptors (Lipinski definition) is 6. The van der Waals surface area contributed by atoms with Crippen LogP contribution in [0.1, 0.15) is 68.0 Å². The van der Waals surface area contributed by atoms with Crippen molar-refractivity contribution >= 4 is 11.8 Å². The highest BCUT2D eigenvalue weighted by Gasteiger charge is 2.40. The van der Waals surface area contributed by atoms with Crippen molar-refractivity contribution in [2.45, 2.75) is 76.6 Å². The van der Waals surface area contributed by atoms with E-state index in [2.05, 4.69) is 17.4 Å². The van der Waals surface area contributed by atoms with Gasteiger partial charge >= 0.3 is 5.97 Å². The zero-order valence-electron chi connectivity index (χ0n) is 22.8. The van der Waals surface area contributed by atoms with Gasteiger partial charge < -0.3 is 19.9 Å². The minimum Gasteiger partial charge on any atom is -0.493 e. The Labute approximate surface area is 228 Å². The molecule has 0 bridgehead atoms. The molecule has 3 atom stereocenters. The van der Waals surface area contributed by atoms with Gasteiger partial charge in [0.05, 0.1) is 12.7 Å². The number of carboxylic acid groups (broad SMARTS) is 1. The maximum atomic E-state index is 14.7. The smallest absolute Gasteiger partial charge is 0.325 e. The minimum absolute atomic E-state index is 0.0870. The Balaban J connectivity index is 1.16. The van der Waals surface area contributed by atoms with Gasteiger partial charge in [0.2, 0.25) is 0 Å². The van der Waals surface area contributed by atoms with Crippen LogP contribution in [-0.4, -0.2) is 65.6 Å². The van der Waals surface area contributed by atoms with E-state index >= 15 is 0 Å². The lowest BCUT2D eigenvalue weighted by Crippen LogP contribution is -2.38. The monoisotopic (exact) mass is 543 g/mol. The molecule has 0 aliphatic carbocycles. The zero-order valence-corrected chi connectivity index (χ0v) is 22.8. The number of aryl methyl sites for hydroxylation is 2. The van der Waals surface area contributed by atoms with Crippen LogP contribution < -0.4 is 10.1 Å². The van der Waals surface area contributed by atoms with Gasteiger partial charge in [-0.2, -0.15) is 0 Å². The molecule has 212 valence electrons. The summed E-state index contributed by atoms with van der Waals surface area (Å²) in [6.07, 6.45) is 5.89. The standard InChI is InChI=1S/C30H39F2N3O4/c1-30(2,32)20-14-24-25(15-21(31)16-26(24)39-18-20)27(29(36)37)35-12-10-23(17-35)38-13-4-3-7-22-9-8-19-6-5-11-33-28(19)34-22/h8-9,15-16,20,23,27H,3-7,10-14,17-18H2,1-2H3,(H,33,34)(H,36,37)/t20?,23-,27-/m1/s1. The lowest BCUT2D eigenvalue weighted by Gasteiger charge is -2.35. The van der Waals surface area contributed by atoms with Gasteiger partial charge in [0.1, 0.15) is 29.1 Å². The van der Waals surface area contributed by atoms with Crippen LogP contribution in [0.25, 0.3) is 0 Å². The first kappa shape index (κ1) is 27.8. The van der Waals surface area contributed by atoms with Crippen LogP contribution in [0.5, 0.6) is 5.75 Å². The number of halogens is 2. The lowest BCUT2D eigenvalue weighted by molar-refractivity contribution is -0.143. The number of nitrogens with zero attached hydrogens (tertiary/aromatic N) is 2. The number of anilines is 1. The van der Waals surface area contributed by atoms with Crippen LogP contribution in [0.15, 0.2) is 24.3 Å². The number of carboxylic acids is 1. The van der Waals surface area contributed by atoms with E-state index < -0.39 is 29.4 Å². The van der Waals surface area contributed by atoms with Gasteiger partial charge in [-0.1, -0.05) is 6.07 Å². The zero-order chi connectivity index (χ0) is 27.6. The molecular weight excluding hydrogens is 504 g/mol. The molecule has 1 unspecified atom stereocenters. The Bertz CT molecular complexity index is 1190. The summed E-state index contributed by atoms with van der Waals surface area (Å²) in [5, 5.41) is 13.6. The number of hydrogen-bond donors (Lipinski definition) is 2. The predicted molar refractivity (Wildman–Crippen MR) is 145 cm³/mol. The number of fused-ring (bicyclic) bond motifs is 2. The van der Waals surface area contributed by atoms with Crippen molar-refractivity contribution in [3.8, 4) is 5.75 Å². The molecule has 1 aromatic heterocycles. The summed E-state index contributed by atoms with van der Waals surface area (Å²) >= 11 is 0. The van der Waals surface area contributed by atoms with Crippen LogP contribution in [0.3, 0.4) is 0 Å². The van der Waals surface area contributed by atoms with E-state index in [0.717, 1.165) is 50.2 Å². The molecule has 5 rings (SSSR count). The largest absolute Gasteiger partial charge is 0.493 e. The second-order valence-electron chi connectivity index (χ2n) is 11.6. The van der Waals surface area contributed by atoms with E-state index in [1.54, 1.807) is 0 Å². The number of benzene rings is 1. The number of aliphatic carboxylic acids is 1. The minimum atomic E-state index is -1.50. The van der Waals surface area contributed by atoms with E-state index in [9.17, 15) is 18.7 Å². The summed E-state index contributed by atoms with van der Waals surface area (Å²) in [6, 6.07) is 5.78. The van der Waals surface area contributed by atoms with E-state index in [4.69, 9.17) is 14.5 Å². The molecule has 9 heteroatoms. The molecule has 7 nitrogen and oxygen atoms in total. The Kier molecular flexibility index (Phi) is 8.38. The fraction of sp³-hybridized carbons (Fsp3) is 0.600. The fourth-order valence-electron chi connectivity index (χ4n) is 5.94. The summed E-state index contributed by atoms with van der Waals surface area (Å²) < 4.78 is 41.1. The SMILES string of the molecule is CC(C)(F)C1COc2cc(F)cc([C@H](C(=O)O)N3CC[C@@H](OCCCCc4ccc5c(n4)NCCC5)C3)c2C1. The number of alkyl halides is 1. The van der Waals surface area contributed by atoms with Gasteiger partial charge in [-0.15, -0.1) is 0 Å². The predicted octanol–water partition coefficient (Wildman–Crippen LogP) is 5.12. The number of likely N-dealkylation sites (tertiary alicyclic amines) is 1. The second kappa shape index (κ2) is 11.8. The number of rotatable bonds is 10. The van der Waals surface area contributed by atoms with Crippen molar-refractivity contribution in [2.75, 3.05) is 38.2 Å². The van der Waals surface area contributed by atoms with E-state index in [-0.39, 0.29) is 12.7 Å². The molecule has 0 radical (unpaired) electrons. The Hall–Kier alpha value is -2.78. The van der Waals surface area contributed by atoms with Gasteiger partial charge in [-0.05, 0) is 82.1 Å². The highest BCUT2D eigenvalue weighted by Crippen LogP contribution is 2.40. The van der Waals surface area contributed by atoms with Crippen LogP contribution in [0.2, 0.25) is 0 Å². The Morgan fingerprint density at radius 1 is 1.33 bits per heavy atom. The van der Waals surface area contributed by atoms with Crippen LogP contribution in [0, 0.1) is 11.7 Å². The number of carbonyl (C=O) groups is 1. The maximum Gasteiger partial charge on any atom is 0.325 e. The van der Waals surface area contributed by atoms with Crippen molar-refractivity contribution in [3.63, 3.8) is 0 Å². The van der Waals surface area contributed by atoms with Gasteiger partial charge in [-0.25, -0.2) is 13.8 Å². The summed E-state index contributed by atoms with van der Waals surface area (Å²) in [7, 11) is 0. The van der Waals surface area contributed by atoms with Crippen molar-refractivity contribution in [1.29, 1.82) is 0 Å². The van der Waals surface area contributed by atoms with Crippen LogP contribution >= 0.6 is 0 Å². The molecule has 2 N–H and O–H groups in total. The molecule has 4 heterocycles. The third kappa shape index (κ3) is 6.52. The number of nitrogens with one attached hydrogen (secondary N) is 1. The third-order valence-corrected chi connectivity index (χ3v) is 8.27. The summed E-state index contributed by atoms with van der Waals surface area (Å²) in [5.41, 5.74) is 1.80. The first-order valence-electron chi connectivity index (χ1n) is 14.1. The molecule has 2 aromatic rings. The Morgan fingerprint density at radius 3 is 2.97 bits per heavy atom. The van der Waals surface area contributed by atoms with Crippen molar-refractivity contribution in [1.82, 2.24) is 9.88 Å². The second-order valence-corrected chi connectivity index (χ2v) is 11.6. The quantitative estimate of drug-likeness (QED) is 0.403. The van der Waals surface area contributed by atoms with Crippen molar-refractivity contribution in [3.05, 3.63) is 52.5 Å². The molecule has 1 aromatic carbocycles. The maximum absolute atomic E-state index is 14.7. The van der Waals surface area contributed by atoms with Crippen molar-refractivity contribution < 1.29 is 28.2 Å². The van der Waals surface area contributed by atoms with Gasteiger partial charge in [0, 0.05) is 49.5 Å². The topological polar surface area (TPSA) is 83.9 Å². The molecule has 0 saturated carbocycles. The first-order valence-corrected chi connectivity index (χ1v) is 14.1. The summed E-state index contributed by atoms with van der Waals surface area (Å²) in [4.78, 5) is 19.0.